The lowest BCUT2D eigenvalue weighted by molar-refractivity contribution is -0.121. The minimum atomic E-state index is -1.83. The van der Waals surface area contributed by atoms with Gasteiger partial charge in [-0.2, -0.15) is 0 Å². The maximum atomic E-state index is 11.6. The highest BCUT2D eigenvalue weighted by Crippen LogP contribution is 2.37. The summed E-state index contributed by atoms with van der Waals surface area (Å²) in [5.74, 6) is 0.241. The smallest absolute Gasteiger partial charge is 0.206 e. The molecular formula is C12H25BrO2Si. The van der Waals surface area contributed by atoms with Gasteiger partial charge in [0.15, 0.2) is 5.78 Å². The standard InChI is InChI=1S/C12H25BrO2Si/c1-6-7-8-11(14)9-15-16(5,10-13)12(2,3)4/h6-10H2,1-5H3. The van der Waals surface area contributed by atoms with Crippen LogP contribution in [0.15, 0.2) is 0 Å². The van der Waals surface area contributed by atoms with Gasteiger partial charge in [0.1, 0.15) is 0 Å². The molecule has 0 N–H and O–H groups in total. The normalized spacial score (nSPS) is 15.9. The Morgan fingerprint density at radius 2 is 1.94 bits per heavy atom. The predicted octanol–water partition coefficient (Wildman–Crippen LogP) is 4.07. The largest absolute Gasteiger partial charge is 0.408 e. The first-order valence-corrected chi connectivity index (χ1v) is 9.72. The zero-order valence-corrected chi connectivity index (χ0v) is 13.8. The number of carbonyl (C=O) groups is 1. The predicted molar refractivity (Wildman–Crippen MR) is 75.6 cm³/mol. The quantitative estimate of drug-likeness (QED) is 0.523. The zero-order chi connectivity index (χ0) is 12.8. The van der Waals surface area contributed by atoms with Crippen molar-refractivity contribution < 1.29 is 9.22 Å². The van der Waals surface area contributed by atoms with Crippen molar-refractivity contribution in [3.8, 4) is 0 Å². The van der Waals surface area contributed by atoms with Gasteiger partial charge in [-0.3, -0.25) is 4.79 Å². The Morgan fingerprint density at radius 1 is 1.38 bits per heavy atom. The molecule has 0 fully saturated rings. The van der Waals surface area contributed by atoms with Crippen LogP contribution in [0.2, 0.25) is 11.6 Å². The molecule has 0 rings (SSSR count). The highest BCUT2D eigenvalue weighted by molar-refractivity contribution is 9.09. The molecule has 0 heterocycles. The molecule has 4 heteroatoms. The van der Waals surface area contributed by atoms with E-state index in [2.05, 4.69) is 50.2 Å². The van der Waals surface area contributed by atoms with E-state index in [1.54, 1.807) is 0 Å². The molecule has 0 amide bonds. The van der Waals surface area contributed by atoms with Crippen LogP contribution in [0.25, 0.3) is 0 Å². The Balaban J connectivity index is 4.20. The molecule has 0 aromatic heterocycles. The SMILES string of the molecule is CCCCC(=O)CO[Si](C)(CBr)C(C)(C)C. The van der Waals surface area contributed by atoms with E-state index >= 15 is 0 Å². The molecular weight excluding hydrogens is 284 g/mol. The first-order valence-electron chi connectivity index (χ1n) is 5.98. The van der Waals surface area contributed by atoms with Gasteiger partial charge in [0.05, 0.1) is 6.61 Å². The van der Waals surface area contributed by atoms with E-state index in [0.717, 1.165) is 17.8 Å². The van der Waals surface area contributed by atoms with Crippen molar-refractivity contribution in [3.05, 3.63) is 0 Å². The summed E-state index contributed by atoms with van der Waals surface area (Å²) in [6, 6.07) is 0. The molecule has 0 saturated carbocycles. The molecule has 0 aliphatic carbocycles. The van der Waals surface area contributed by atoms with Gasteiger partial charge in [0.2, 0.25) is 8.32 Å². The monoisotopic (exact) mass is 308 g/mol. The van der Waals surface area contributed by atoms with Crippen LogP contribution in [0.3, 0.4) is 0 Å². The number of hydrogen-bond donors (Lipinski definition) is 0. The number of hydrogen-bond acceptors (Lipinski definition) is 2. The number of ketones is 1. The van der Waals surface area contributed by atoms with Gasteiger partial charge < -0.3 is 4.43 Å². The summed E-state index contributed by atoms with van der Waals surface area (Å²) in [6.45, 7) is 11.2. The van der Waals surface area contributed by atoms with Crippen LogP contribution in [0.4, 0.5) is 0 Å². The van der Waals surface area contributed by atoms with Crippen molar-refractivity contribution in [2.45, 2.75) is 58.5 Å². The highest BCUT2D eigenvalue weighted by Gasteiger charge is 2.41. The molecule has 0 aliphatic heterocycles. The minimum absolute atomic E-state index is 0.154. The van der Waals surface area contributed by atoms with E-state index in [9.17, 15) is 4.79 Å². The van der Waals surface area contributed by atoms with E-state index in [4.69, 9.17) is 4.43 Å². The summed E-state index contributed by atoms with van der Waals surface area (Å²) in [4.78, 5) is 12.5. The molecule has 2 nitrogen and oxygen atoms in total. The van der Waals surface area contributed by atoms with Crippen LogP contribution >= 0.6 is 15.9 Å². The van der Waals surface area contributed by atoms with E-state index in [-0.39, 0.29) is 10.8 Å². The second kappa shape index (κ2) is 6.92. The van der Waals surface area contributed by atoms with Crippen molar-refractivity contribution in [1.29, 1.82) is 0 Å². The van der Waals surface area contributed by atoms with Crippen molar-refractivity contribution in [2.75, 3.05) is 11.6 Å². The Hall–Kier alpha value is 0.327. The fourth-order valence-electron chi connectivity index (χ4n) is 1.14. The average molecular weight is 309 g/mol. The Bertz CT molecular complexity index is 226. The van der Waals surface area contributed by atoms with Gasteiger partial charge in [-0.05, 0) is 18.0 Å². The summed E-state index contributed by atoms with van der Waals surface area (Å²) in [5.41, 5.74) is 0. The van der Waals surface area contributed by atoms with Gasteiger partial charge in [-0.1, -0.05) is 50.0 Å². The lowest BCUT2D eigenvalue weighted by Crippen LogP contribution is -2.47. The number of halogens is 1. The maximum absolute atomic E-state index is 11.6. The first kappa shape index (κ1) is 16.3. The van der Waals surface area contributed by atoms with Crippen LogP contribution < -0.4 is 0 Å². The van der Waals surface area contributed by atoms with Crippen LogP contribution in [0.1, 0.15) is 47.0 Å². The van der Waals surface area contributed by atoms with Crippen LogP contribution in [-0.4, -0.2) is 25.7 Å². The number of rotatable bonds is 7. The van der Waals surface area contributed by atoms with Crippen LogP contribution in [-0.2, 0) is 9.22 Å². The van der Waals surface area contributed by atoms with E-state index in [0.29, 0.717) is 13.0 Å². The summed E-state index contributed by atoms with van der Waals surface area (Å²) in [5, 5.41) is 0.154. The van der Waals surface area contributed by atoms with Crippen molar-refractivity contribution in [2.24, 2.45) is 0 Å². The van der Waals surface area contributed by atoms with Gasteiger partial charge in [-0.15, -0.1) is 0 Å². The molecule has 1 atom stereocenters. The van der Waals surface area contributed by atoms with Gasteiger partial charge in [0.25, 0.3) is 0 Å². The molecule has 0 radical (unpaired) electrons. The number of Topliss-reactive ketones (excluding diaryl/α,β-unsaturated/α-hetero) is 1. The summed E-state index contributed by atoms with van der Waals surface area (Å²) in [6.07, 6.45) is 2.70. The third kappa shape index (κ3) is 5.10. The molecule has 0 aromatic rings. The van der Waals surface area contributed by atoms with Crippen LogP contribution in [0, 0.1) is 0 Å². The average Bonchev–Trinajstić information content (AvgIpc) is 2.21. The van der Waals surface area contributed by atoms with Crippen molar-refractivity contribution in [1.82, 2.24) is 0 Å². The Kier molecular flexibility index (Phi) is 7.06. The summed E-state index contributed by atoms with van der Waals surface area (Å²) in [7, 11) is -1.83. The van der Waals surface area contributed by atoms with Gasteiger partial charge in [0, 0.05) is 11.4 Å². The number of alkyl halides is 1. The molecule has 0 aromatic carbocycles. The van der Waals surface area contributed by atoms with Gasteiger partial charge >= 0.3 is 0 Å². The molecule has 16 heavy (non-hydrogen) atoms. The topological polar surface area (TPSA) is 26.3 Å². The second-order valence-corrected chi connectivity index (χ2v) is 11.7. The second-order valence-electron chi connectivity index (χ2n) is 5.55. The van der Waals surface area contributed by atoms with Gasteiger partial charge in [-0.25, -0.2) is 0 Å². The van der Waals surface area contributed by atoms with Crippen molar-refractivity contribution in [3.63, 3.8) is 0 Å². The lowest BCUT2D eigenvalue weighted by Gasteiger charge is -2.37. The highest BCUT2D eigenvalue weighted by atomic mass is 79.9. The fraction of sp³-hybridized carbons (Fsp3) is 0.917. The fourth-order valence-corrected chi connectivity index (χ4v) is 5.54. The van der Waals surface area contributed by atoms with E-state index in [1.807, 2.05) is 0 Å². The molecule has 0 aliphatic rings. The molecule has 96 valence electrons. The molecule has 0 spiro atoms. The molecule has 0 bridgehead atoms. The number of unbranched alkanes of at least 4 members (excludes halogenated alkanes) is 1. The summed E-state index contributed by atoms with van der Waals surface area (Å²) < 4.78 is 5.94. The van der Waals surface area contributed by atoms with Crippen LogP contribution in [0.5, 0.6) is 0 Å². The Labute approximate surface area is 109 Å². The summed E-state index contributed by atoms with van der Waals surface area (Å²) >= 11 is 3.54. The maximum Gasteiger partial charge on any atom is 0.206 e. The van der Waals surface area contributed by atoms with E-state index < -0.39 is 8.32 Å². The number of carbonyl (C=O) groups excluding carboxylic acids is 1. The first-order chi connectivity index (χ1) is 7.27. The molecule has 1 unspecified atom stereocenters. The molecule has 0 saturated heterocycles. The zero-order valence-electron chi connectivity index (χ0n) is 11.2. The Morgan fingerprint density at radius 3 is 2.31 bits per heavy atom. The van der Waals surface area contributed by atoms with Crippen molar-refractivity contribution >= 4 is 30.0 Å². The minimum Gasteiger partial charge on any atom is -0.408 e. The third-order valence-corrected chi connectivity index (χ3v) is 10.9. The van der Waals surface area contributed by atoms with E-state index in [1.165, 1.54) is 0 Å². The third-order valence-electron chi connectivity index (χ3n) is 3.20. The lowest BCUT2D eigenvalue weighted by atomic mass is 10.2.